The number of aromatic nitrogens is 5. The molecule has 0 saturated carbocycles. The van der Waals surface area contributed by atoms with Crippen molar-refractivity contribution in [2.75, 3.05) is 12.0 Å². The predicted molar refractivity (Wildman–Crippen MR) is 105 cm³/mol. The molecular weight excluding hydrogens is 415 g/mol. The Kier molecular flexibility index (Phi) is 7.13. The first-order chi connectivity index (χ1) is 14.9. The van der Waals surface area contributed by atoms with Crippen molar-refractivity contribution in [3.63, 3.8) is 0 Å². The molecular formula is C19H20F3N7O2. The van der Waals surface area contributed by atoms with Gasteiger partial charge in [-0.25, -0.2) is 9.07 Å². The van der Waals surface area contributed by atoms with Crippen LogP contribution in [0.1, 0.15) is 17.4 Å². The van der Waals surface area contributed by atoms with Crippen LogP contribution < -0.4 is 10.6 Å². The minimum Gasteiger partial charge on any atom is -0.386 e. The van der Waals surface area contributed by atoms with Gasteiger partial charge in [0.2, 0.25) is 5.95 Å². The standard InChI is InChI=1S/C19H20F3N7O2/c1-29-19(26-27-28-29)24-10-14-7-6-13(9-23-14)11-2-4-12(5-3-11)16(30)15(8-20)25-18(31)17(21)22/h2-7,9,15-17,30H,8,10H2,1H3,(H,25,31)(H,24,26,28)/t15-,16+/m1/s1. The molecule has 12 heteroatoms. The van der Waals surface area contributed by atoms with E-state index in [-0.39, 0.29) is 5.56 Å². The van der Waals surface area contributed by atoms with Gasteiger partial charge in [0, 0.05) is 18.8 Å². The summed E-state index contributed by atoms with van der Waals surface area (Å²) in [4.78, 5) is 15.5. The summed E-state index contributed by atoms with van der Waals surface area (Å²) >= 11 is 0. The fourth-order valence-electron chi connectivity index (χ4n) is 2.80. The van der Waals surface area contributed by atoms with Gasteiger partial charge >= 0.3 is 6.43 Å². The summed E-state index contributed by atoms with van der Waals surface area (Å²) in [6.45, 7) is -0.764. The number of hydrogen-bond acceptors (Lipinski definition) is 7. The zero-order valence-electron chi connectivity index (χ0n) is 16.4. The first-order valence-electron chi connectivity index (χ1n) is 9.23. The zero-order chi connectivity index (χ0) is 22.4. The van der Waals surface area contributed by atoms with Crippen LogP contribution in [0.25, 0.3) is 11.1 Å². The number of rotatable bonds is 9. The number of nitrogens with one attached hydrogen (secondary N) is 2. The first kappa shape index (κ1) is 22.2. The Morgan fingerprint density at radius 2 is 1.87 bits per heavy atom. The van der Waals surface area contributed by atoms with Gasteiger partial charge in [-0.3, -0.25) is 9.78 Å². The summed E-state index contributed by atoms with van der Waals surface area (Å²) in [6.07, 6.45) is -3.08. The third kappa shape index (κ3) is 5.54. The van der Waals surface area contributed by atoms with Crippen LogP contribution in [0.2, 0.25) is 0 Å². The normalized spacial score (nSPS) is 13.1. The third-order valence-electron chi connectivity index (χ3n) is 4.53. The SMILES string of the molecule is Cn1nnnc1NCc1ccc(-c2ccc([C@H](O)[C@@H](CF)NC(=O)C(F)F)cc2)cn1. The lowest BCUT2D eigenvalue weighted by Gasteiger charge is -2.22. The minimum absolute atomic E-state index is 0.284. The molecule has 0 saturated heterocycles. The summed E-state index contributed by atoms with van der Waals surface area (Å²) < 4.78 is 39.3. The topological polar surface area (TPSA) is 118 Å². The number of aryl methyl sites for hydroxylation is 1. The number of carbonyl (C=O) groups is 1. The Bertz CT molecular complexity index is 996. The van der Waals surface area contributed by atoms with Crippen molar-refractivity contribution >= 4 is 11.9 Å². The first-order valence-corrected chi connectivity index (χ1v) is 9.23. The molecule has 164 valence electrons. The number of benzene rings is 1. The molecule has 2 heterocycles. The van der Waals surface area contributed by atoms with E-state index in [1.165, 1.54) is 16.8 Å². The van der Waals surface area contributed by atoms with Gasteiger partial charge in [-0.2, -0.15) is 8.78 Å². The van der Waals surface area contributed by atoms with Gasteiger partial charge < -0.3 is 15.7 Å². The Morgan fingerprint density at radius 3 is 2.42 bits per heavy atom. The molecule has 3 N–H and O–H groups in total. The summed E-state index contributed by atoms with van der Waals surface area (Å²) in [5.74, 6) is -1.12. The highest BCUT2D eigenvalue weighted by atomic mass is 19.3. The molecule has 0 fully saturated rings. The van der Waals surface area contributed by atoms with Crippen LogP contribution >= 0.6 is 0 Å². The molecule has 2 atom stereocenters. The fourth-order valence-corrected chi connectivity index (χ4v) is 2.80. The molecule has 3 rings (SSSR count). The predicted octanol–water partition coefficient (Wildman–Crippen LogP) is 1.64. The van der Waals surface area contributed by atoms with Crippen LogP contribution in [0, 0.1) is 0 Å². The second-order valence-electron chi connectivity index (χ2n) is 6.65. The minimum atomic E-state index is -3.29. The molecule has 31 heavy (non-hydrogen) atoms. The van der Waals surface area contributed by atoms with E-state index >= 15 is 0 Å². The van der Waals surface area contributed by atoms with Crippen LogP contribution in [-0.2, 0) is 18.4 Å². The molecule has 0 radical (unpaired) electrons. The van der Waals surface area contributed by atoms with Gasteiger partial charge in [-0.1, -0.05) is 35.4 Å². The van der Waals surface area contributed by atoms with E-state index in [0.717, 1.165) is 16.8 Å². The van der Waals surface area contributed by atoms with Crippen molar-refractivity contribution in [2.24, 2.45) is 7.05 Å². The van der Waals surface area contributed by atoms with Crippen molar-refractivity contribution in [3.05, 3.63) is 53.9 Å². The van der Waals surface area contributed by atoms with Crippen LogP contribution in [-0.4, -0.2) is 55.3 Å². The number of anilines is 1. The monoisotopic (exact) mass is 435 g/mol. The smallest absolute Gasteiger partial charge is 0.315 e. The average Bonchev–Trinajstić information content (AvgIpc) is 3.20. The molecule has 0 spiro atoms. The number of tetrazole rings is 1. The van der Waals surface area contributed by atoms with Crippen molar-refractivity contribution in [3.8, 4) is 11.1 Å². The second-order valence-corrected chi connectivity index (χ2v) is 6.65. The number of amides is 1. The molecule has 0 bridgehead atoms. The van der Waals surface area contributed by atoms with E-state index in [0.29, 0.717) is 12.5 Å². The Hall–Kier alpha value is -3.54. The number of nitrogens with zero attached hydrogens (tertiary/aromatic N) is 5. The average molecular weight is 435 g/mol. The van der Waals surface area contributed by atoms with E-state index in [1.54, 1.807) is 30.7 Å². The highest BCUT2D eigenvalue weighted by Crippen LogP contribution is 2.24. The lowest BCUT2D eigenvalue weighted by Crippen LogP contribution is -2.43. The Balaban J connectivity index is 1.63. The Labute approximate surface area is 175 Å². The summed E-state index contributed by atoms with van der Waals surface area (Å²) in [7, 11) is 1.71. The molecule has 2 aromatic heterocycles. The quantitative estimate of drug-likeness (QED) is 0.468. The van der Waals surface area contributed by atoms with E-state index in [9.17, 15) is 23.1 Å². The number of hydrogen-bond donors (Lipinski definition) is 3. The van der Waals surface area contributed by atoms with Gasteiger partial charge in [-0.15, -0.1) is 0 Å². The van der Waals surface area contributed by atoms with Crippen molar-refractivity contribution in [1.82, 2.24) is 30.5 Å². The summed E-state index contributed by atoms with van der Waals surface area (Å²) in [6, 6.07) is 8.66. The number of aliphatic hydroxyl groups is 1. The molecule has 9 nitrogen and oxygen atoms in total. The van der Waals surface area contributed by atoms with E-state index in [4.69, 9.17) is 0 Å². The number of alkyl halides is 3. The summed E-state index contributed by atoms with van der Waals surface area (Å²) in [5, 5.41) is 26.2. The number of halogens is 3. The van der Waals surface area contributed by atoms with E-state index < -0.39 is 31.2 Å². The van der Waals surface area contributed by atoms with Gasteiger partial charge in [0.25, 0.3) is 5.91 Å². The van der Waals surface area contributed by atoms with E-state index in [2.05, 4.69) is 25.8 Å². The molecule has 0 unspecified atom stereocenters. The largest absolute Gasteiger partial charge is 0.386 e. The molecule has 3 aromatic rings. The van der Waals surface area contributed by atoms with Gasteiger partial charge in [0.05, 0.1) is 18.3 Å². The molecule has 0 aliphatic carbocycles. The van der Waals surface area contributed by atoms with Crippen molar-refractivity contribution < 1.29 is 23.1 Å². The molecule has 0 aliphatic heterocycles. The number of carbonyl (C=O) groups excluding carboxylic acids is 1. The van der Waals surface area contributed by atoms with Gasteiger partial charge in [0.1, 0.15) is 12.8 Å². The van der Waals surface area contributed by atoms with Crippen LogP contribution in [0.3, 0.4) is 0 Å². The highest BCUT2D eigenvalue weighted by Gasteiger charge is 2.26. The maximum absolute atomic E-state index is 13.1. The van der Waals surface area contributed by atoms with Gasteiger partial charge in [0.15, 0.2) is 0 Å². The molecule has 1 aromatic carbocycles. The number of pyridine rings is 1. The highest BCUT2D eigenvalue weighted by molar-refractivity contribution is 5.79. The van der Waals surface area contributed by atoms with Crippen LogP contribution in [0.15, 0.2) is 42.6 Å². The summed E-state index contributed by atoms with van der Waals surface area (Å²) in [5.41, 5.74) is 2.64. The van der Waals surface area contributed by atoms with Crippen LogP contribution in [0.5, 0.6) is 0 Å². The zero-order valence-corrected chi connectivity index (χ0v) is 16.4. The second kappa shape index (κ2) is 9.98. The van der Waals surface area contributed by atoms with Gasteiger partial charge in [-0.05, 0) is 27.6 Å². The lowest BCUT2D eigenvalue weighted by atomic mass is 9.99. The maximum Gasteiger partial charge on any atom is 0.315 e. The lowest BCUT2D eigenvalue weighted by molar-refractivity contribution is -0.133. The molecule has 1 amide bonds. The van der Waals surface area contributed by atoms with E-state index in [1.807, 2.05) is 12.1 Å². The third-order valence-corrected chi connectivity index (χ3v) is 4.53. The Morgan fingerprint density at radius 1 is 1.16 bits per heavy atom. The van der Waals surface area contributed by atoms with Crippen molar-refractivity contribution in [1.29, 1.82) is 0 Å². The van der Waals surface area contributed by atoms with Crippen LogP contribution in [0.4, 0.5) is 19.1 Å². The number of aliphatic hydroxyl groups excluding tert-OH is 1. The van der Waals surface area contributed by atoms with Crippen molar-refractivity contribution in [2.45, 2.75) is 25.1 Å². The molecule has 0 aliphatic rings. The maximum atomic E-state index is 13.1. The fraction of sp³-hybridized carbons (Fsp3) is 0.316.